The van der Waals surface area contributed by atoms with Crippen molar-refractivity contribution >= 4 is 28.5 Å². The molecule has 3 aromatic rings. The number of ether oxygens (including phenoxy) is 1. The number of aromatic nitrogens is 1. The summed E-state index contributed by atoms with van der Waals surface area (Å²) in [4.78, 5) is 28.6. The Hall–Kier alpha value is -3.35. The Morgan fingerprint density at radius 3 is 2.65 bits per heavy atom. The summed E-state index contributed by atoms with van der Waals surface area (Å²) in [6.07, 6.45) is 0.359. The van der Waals surface area contributed by atoms with Crippen LogP contribution in [0.2, 0.25) is 0 Å². The molecule has 1 atom stereocenters. The van der Waals surface area contributed by atoms with Gasteiger partial charge in [0.2, 0.25) is 0 Å². The third kappa shape index (κ3) is 3.66. The predicted octanol–water partition coefficient (Wildman–Crippen LogP) is 3.70. The number of hydrogen-bond donors (Lipinski definition) is 1. The van der Waals surface area contributed by atoms with Gasteiger partial charge < -0.3 is 10.1 Å². The van der Waals surface area contributed by atoms with E-state index in [1.165, 1.54) is 6.92 Å². The average Bonchev–Trinajstić information content (AvgIpc) is 2.63. The molecule has 0 unspecified atom stereocenters. The fourth-order valence-corrected chi connectivity index (χ4v) is 2.37. The van der Waals surface area contributed by atoms with Crippen molar-refractivity contribution in [3.8, 4) is 0 Å². The zero-order valence-electron chi connectivity index (χ0n) is 13.7. The largest absolute Gasteiger partial charge is 0.449 e. The number of fused-ring (bicyclic) bond motifs is 1. The van der Waals surface area contributed by atoms with Gasteiger partial charge in [0, 0.05) is 17.6 Å². The first-order chi connectivity index (χ1) is 12.5. The Morgan fingerprint density at radius 2 is 1.88 bits per heavy atom. The molecule has 0 spiro atoms. The van der Waals surface area contributed by atoms with Crippen LogP contribution in [0.3, 0.4) is 0 Å². The summed E-state index contributed by atoms with van der Waals surface area (Å²) in [6, 6.07) is 11.3. The average molecular weight is 356 g/mol. The zero-order valence-corrected chi connectivity index (χ0v) is 13.7. The van der Waals surface area contributed by atoms with Crippen LogP contribution in [0.4, 0.5) is 14.5 Å². The number of pyridine rings is 1. The minimum absolute atomic E-state index is 0.203. The molecule has 7 heteroatoms. The van der Waals surface area contributed by atoms with Gasteiger partial charge in [0.05, 0.1) is 16.8 Å². The first-order valence-electron chi connectivity index (χ1n) is 7.76. The van der Waals surface area contributed by atoms with Crippen LogP contribution in [-0.4, -0.2) is 23.0 Å². The molecule has 3 rings (SSSR count). The molecule has 2 aromatic carbocycles. The number of carbonyl (C=O) groups is 2. The molecule has 0 bridgehead atoms. The number of hydrogen-bond acceptors (Lipinski definition) is 4. The van der Waals surface area contributed by atoms with Crippen LogP contribution in [-0.2, 0) is 9.53 Å². The lowest BCUT2D eigenvalue weighted by Crippen LogP contribution is -2.30. The minimum Gasteiger partial charge on any atom is -0.449 e. The van der Waals surface area contributed by atoms with Crippen LogP contribution in [0.15, 0.2) is 54.7 Å². The molecule has 1 amide bonds. The van der Waals surface area contributed by atoms with Gasteiger partial charge in [0.25, 0.3) is 5.91 Å². The van der Waals surface area contributed by atoms with E-state index < -0.39 is 29.6 Å². The summed E-state index contributed by atoms with van der Waals surface area (Å²) in [6.45, 7) is 1.35. The van der Waals surface area contributed by atoms with Gasteiger partial charge in [-0.15, -0.1) is 0 Å². The summed E-state index contributed by atoms with van der Waals surface area (Å²) < 4.78 is 31.7. The quantitative estimate of drug-likeness (QED) is 0.724. The fourth-order valence-electron chi connectivity index (χ4n) is 2.37. The van der Waals surface area contributed by atoms with Gasteiger partial charge >= 0.3 is 5.97 Å². The van der Waals surface area contributed by atoms with E-state index in [4.69, 9.17) is 4.74 Å². The van der Waals surface area contributed by atoms with E-state index in [0.717, 1.165) is 17.5 Å². The van der Waals surface area contributed by atoms with Gasteiger partial charge in [-0.1, -0.05) is 18.2 Å². The Balaban J connectivity index is 1.73. The van der Waals surface area contributed by atoms with Crippen molar-refractivity contribution in [3.05, 3.63) is 71.9 Å². The Bertz CT molecular complexity index is 986. The van der Waals surface area contributed by atoms with Gasteiger partial charge in [-0.3, -0.25) is 9.78 Å². The van der Waals surface area contributed by atoms with E-state index in [2.05, 4.69) is 10.3 Å². The second-order valence-corrected chi connectivity index (χ2v) is 5.54. The summed E-state index contributed by atoms with van der Waals surface area (Å²) in [5, 5.41) is 3.01. The van der Waals surface area contributed by atoms with Crippen LogP contribution in [0.1, 0.15) is 17.3 Å². The van der Waals surface area contributed by atoms with E-state index in [-0.39, 0.29) is 11.3 Å². The maximum Gasteiger partial charge on any atom is 0.341 e. The molecule has 0 aliphatic carbocycles. The number of nitrogens with zero attached hydrogens (tertiary/aromatic N) is 1. The molecule has 0 radical (unpaired) electrons. The third-order valence-corrected chi connectivity index (χ3v) is 3.69. The summed E-state index contributed by atoms with van der Waals surface area (Å²) >= 11 is 0. The lowest BCUT2D eigenvalue weighted by atomic mass is 10.1. The van der Waals surface area contributed by atoms with Crippen molar-refractivity contribution in [2.24, 2.45) is 0 Å². The standard InChI is InChI=1S/C19H14F2N2O3/c1-11(18(24)23-16-8-7-13(20)10-15(16)21)26-19(25)14-6-2-4-12-5-3-9-22-17(12)14/h2-11H,1H3,(H,23,24)/t11-/m0/s1. The van der Waals surface area contributed by atoms with Crippen molar-refractivity contribution in [1.29, 1.82) is 0 Å². The van der Waals surface area contributed by atoms with Crippen molar-refractivity contribution < 1.29 is 23.1 Å². The fraction of sp³-hybridized carbons (Fsp3) is 0.105. The SMILES string of the molecule is C[C@H](OC(=O)c1cccc2cccnc12)C(=O)Nc1ccc(F)cc1F. The molecule has 0 aliphatic heterocycles. The van der Waals surface area contributed by atoms with Gasteiger partial charge in [0.1, 0.15) is 11.6 Å². The normalized spacial score (nSPS) is 11.8. The van der Waals surface area contributed by atoms with E-state index in [0.29, 0.717) is 11.6 Å². The minimum atomic E-state index is -1.19. The topological polar surface area (TPSA) is 68.3 Å². The highest BCUT2D eigenvalue weighted by Crippen LogP contribution is 2.18. The molecule has 1 heterocycles. The molecular weight excluding hydrogens is 342 g/mol. The highest BCUT2D eigenvalue weighted by Gasteiger charge is 2.21. The second-order valence-electron chi connectivity index (χ2n) is 5.54. The number of para-hydroxylation sites is 1. The lowest BCUT2D eigenvalue weighted by molar-refractivity contribution is -0.123. The van der Waals surface area contributed by atoms with Crippen molar-refractivity contribution in [3.63, 3.8) is 0 Å². The highest BCUT2D eigenvalue weighted by atomic mass is 19.1. The van der Waals surface area contributed by atoms with E-state index in [1.54, 1.807) is 36.5 Å². The predicted molar refractivity (Wildman–Crippen MR) is 91.6 cm³/mol. The molecule has 0 aliphatic rings. The van der Waals surface area contributed by atoms with Gasteiger partial charge in [-0.2, -0.15) is 0 Å². The second kappa shape index (κ2) is 7.26. The van der Waals surface area contributed by atoms with Crippen LogP contribution < -0.4 is 5.32 Å². The van der Waals surface area contributed by atoms with Crippen molar-refractivity contribution in [2.75, 3.05) is 5.32 Å². The first-order valence-corrected chi connectivity index (χ1v) is 7.76. The number of benzene rings is 2. The van der Waals surface area contributed by atoms with Gasteiger partial charge in [0.15, 0.2) is 6.10 Å². The molecule has 0 saturated heterocycles. The van der Waals surface area contributed by atoms with Crippen molar-refractivity contribution in [2.45, 2.75) is 13.0 Å². The summed E-state index contributed by atoms with van der Waals surface area (Å²) in [5.74, 6) is -3.15. The van der Waals surface area contributed by atoms with E-state index in [1.807, 2.05) is 0 Å². The smallest absolute Gasteiger partial charge is 0.341 e. The molecule has 1 N–H and O–H groups in total. The number of anilines is 1. The van der Waals surface area contributed by atoms with Gasteiger partial charge in [-0.05, 0) is 31.2 Å². The zero-order chi connectivity index (χ0) is 18.7. The van der Waals surface area contributed by atoms with Gasteiger partial charge in [-0.25, -0.2) is 13.6 Å². The number of carbonyl (C=O) groups excluding carboxylic acids is 2. The number of nitrogens with one attached hydrogen (secondary N) is 1. The van der Waals surface area contributed by atoms with Crippen LogP contribution >= 0.6 is 0 Å². The van der Waals surface area contributed by atoms with Crippen LogP contribution in [0, 0.1) is 11.6 Å². The number of esters is 1. The lowest BCUT2D eigenvalue weighted by Gasteiger charge is -2.14. The molecule has 5 nitrogen and oxygen atoms in total. The van der Waals surface area contributed by atoms with Crippen LogP contribution in [0.5, 0.6) is 0 Å². The Kier molecular flexibility index (Phi) is 4.88. The monoisotopic (exact) mass is 356 g/mol. The Morgan fingerprint density at radius 1 is 1.12 bits per heavy atom. The number of rotatable bonds is 4. The number of amides is 1. The number of halogens is 2. The third-order valence-electron chi connectivity index (χ3n) is 3.69. The summed E-state index contributed by atoms with van der Waals surface area (Å²) in [7, 11) is 0. The van der Waals surface area contributed by atoms with E-state index >= 15 is 0 Å². The van der Waals surface area contributed by atoms with Crippen LogP contribution in [0.25, 0.3) is 10.9 Å². The highest BCUT2D eigenvalue weighted by molar-refractivity contribution is 6.04. The molecule has 1 aromatic heterocycles. The molecule has 26 heavy (non-hydrogen) atoms. The first kappa shape index (κ1) is 17.5. The summed E-state index contributed by atoms with van der Waals surface area (Å²) in [5.41, 5.74) is 0.471. The maximum absolute atomic E-state index is 13.6. The molecule has 132 valence electrons. The molecule has 0 fully saturated rings. The van der Waals surface area contributed by atoms with Crippen molar-refractivity contribution in [1.82, 2.24) is 4.98 Å². The van der Waals surface area contributed by atoms with E-state index in [9.17, 15) is 18.4 Å². The molecule has 0 saturated carbocycles. The Labute approximate surface area is 147 Å². The maximum atomic E-state index is 13.6. The molecular formula is C19H14F2N2O3.